The molecule has 0 spiro atoms. The minimum atomic E-state index is -0.858. The van der Waals surface area contributed by atoms with E-state index < -0.39 is 60.1 Å². The van der Waals surface area contributed by atoms with E-state index in [0.717, 1.165) is 18.4 Å². The quantitative estimate of drug-likeness (QED) is 0.0510. The van der Waals surface area contributed by atoms with E-state index in [4.69, 9.17) is 15.2 Å². The topological polar surface area (TPSA) is 263 Å². The lowest BCUT2D eigenvalue weighted by atomic mass is 9.89. The van der Waals surface area contributed by atoms with Crippen LogP contribution in [-0.2, 0) is 49.5 Å². The number of anilines is 2. The molecule has 0 saturated carbocycles. The molecule has 1 saturated heterocycles. The molecule has 8 N–H and O–H groups in total. The van der Waals surface area contributed by atoms with Gasteiger partial charge in [0, 0.05) is 65.1 Å². The van der Waals surface area contributed by atoms with E-state index in [0.29, 0.717) is 37.2 Å². The number of Topliss-reactive ketones (excluding diaryl/α,β-unsaturated/α-hetero) is 1. The maximum atomic E-state index is 14.3. The van der Waals surface area contributed by atoms with Crippen molar-refractivity contribution in [1.82, 2.24) is 36.0 Å². The Balaban J connectivity index is 1.71. The molecular weight excluding hydrogens is 973 g/mol. The van der Waals surface area contributed by atoms with Crippen molar-refractivity contribution in [2.45, 2.75) is 143 Å². The highest BCUT2D eigenvalue weighted by Gasteiger charge is 2.41. The fourth-order valence-corrected chi connectivity index (χ4v) is 10.3. The second-order valence-corrected chi connectivity index (χ2v) is 21.3. The lowest BCUT2D eigenvalue weighted by Crippen LogP contribution is -2.59. The first-order valence-electron chi connectivity index (χ1n) is 26.8. The molecule has 10 atom stereocenters. The summed E-state index contributed by atoms with van der Waals surface area (Å²) in [6, 6.07) is 12.5. The van der Waals surface area contributed by atoms with Crippen LogP contribution in [0.3, 0.4) is 0 Å². The maximum Gasteiger partial charge on any atom is 0.312 e. The molecule has 424 valence electrons. The van der Waals surface area contributed by atoms with Gasteiger partial charge in [-0.3, -0.25) is 43.4 Å². The molecule has 1 aliphatic heterocycles. The number of hydrogen-bond acceptors (Lipinski definition) is 12. The van der Waals surface area contributed by atoms with Crippen LogP contribution in [0.15, 0.2) is 54.6 Å². The van der Waals surface area contributed by atoms with E-state index in [1.807, 2.05) is 90.9 Å². The van der Waals surface area contributed by atoms with Gasteiger partial charge in [-0.05, 0) is 100 Å². The van der Waals surface area contributed by atoms with Crippen LogP contribution in [0.2, 0.25) is 0 Å². The summed E-state index contributed by atoms with van der Waals surface area (Å²) in [5.41, 5.74) is 6.91. The molecule has 3 rings (SSSR count). The first kappa shape index (κ1) is 64.3. The monoisotopic (exact) mass is 1060 g/mol. The molecular formula is C56H90N10O10. The zero-order valence-corrected chi connectivity index (χ0v) is 47.4. The highest BCUT2D eigenvalue weighted by molar-refractivity contribution is 5.98. The summed E-state index contributed by atoms with van der Waals surface area (Å²) in [6.07, 6.45) is 2.02. The van der Waals surface area contributed by atoms with Crippen molar-refractivity contribution in [2.75, 3.05) is 72.2 Å². The second kappa shape index (κ2) is 31.9. The van der Waals surface area contributed by atoms with Crippen LogP contribution in [0.25, 0.3) is 0 Å². The van der Waals surface area contributed by atoms with Crippen LogP contribution >= 0.6 is 0 Å². The number of urea groups is 1. The lowest BCUT2D eigenvalue weighted by Gasteiger charge is -2.40. The fourth-order valence-electron chi connectivity index (χ4n) is 10.3. The predicted molar refractivity (Wildman–Crippen MR) is 295 cm³/mol. The Kier molecular flexibility index (Phi) is 27.0. The molecule has 2 aromatic rings. The number of hydrogen-bond donors (Lipinski definition) is 7. The number of nitrogens with one attached hydrogen (secondary N) is 6. The van der Waals surface area contributed by atoms with Crippen molar-refractivity contribution in [3.8, 4) is 0 Å². The van der Waals surface area contributed by atoms with E-state index in [2.05, 4.69) is 36.8 Å². The number of primary amides is 1. The highest BCUT2D eigenvalue weighted by atomic mass is 16.5. The highest BCUT2D eigenvalue weighted by Crippen LogP contribution is 2.29. The Morgan fingerprint density at radius 3 is 1.92 bits per heavy atom. The number of carbonyl (C=O) groups is 8. The van der Waals surface area contributed by atoms with Crippen molar-refractivity contribution in [3.63, 3.8) is 0 Å². The average Bonchev–Trinajstić information content (AvgIpc) is 3.81. The van der Waals surface area contributed by atoms with Crippen molar-refractivity contribution < 1.29 is 47.8 Å². The predicted octanol–water partition coefficient (Wildman–Crippen LogP) is 4.18. The number of methoxy groups -OCH3 is 2. The first-order chi connectivity index (χ1) is 35.9. The summed E-state index contributed by atoms with van der Waals surface area (Å²) in [5, 5.41) is 16.9. The van der Waals surface area contributed by atoms with Crippen molar-refractivity contribution in [2.24, 2.45) is 35.3 Å². The fraction of sp³-hybridized carbons (Fsp3) is 0.643. The Labute approximate surface area is 451 Å². The Morgan fingerprint density at radius 2 is 1.39 bits per heavy atom. The average molecular weight is 1060 g/mol. The number of benzene rings is 2. The van der Waals surface area contributed by atoms with E-state index in [1.54, 1.807) is 57.4 Å². The number of amides is 8. The SMILES string of the molecule is CC[C@H](C)[C@@H]([C@@H](CC(=O)CN1CCC[C@H]1[C@H](OC)[C@@H](C)C(=O)NC[C@@H](Cc1ccccc1)C(=O)Nc1ccc(NC(=O)[C@@H](CCCNC(N)=O)NC(C)=O)cc1)OC)N(C)C(=O)[C@@H](NC(=O)[C@H](C(C)C)N(C)C)C(C)C. The molecule has 1 fully saturated rings. The zero-order chi connectivity index (χ0) is 56.8. The van der Waals surface area contributed by atoms with Crippen LogP contribution in [0.1, 0.15) is 99.5 Å². The van der Waals surface area contributed by atoms with Gasteiger partial charge in [-0.2, -0.15) is 0 Å². The maximum absolute atomic E-state index is 14.3. The number of likely N-dealkylation sites (N-methyl/N-ethyl adjacent to an activating group) is 2. The van der Waals surface area contributed by atoms with E-state index in [1.165, 1.54) is 6.92 Å². The number of carbonyl (C=O) groups excluding carboxylic acids is 8. The standard InChI is InChI=1S/C56H90N10O10/c1-14-36(6)49(65(11)55(73)47(34(2)3)63-54(72)48(35(4)5)64(9)10)46(75-12)31-43(68)33-66-29-19-23-45(66)50(76-13)37(7)51(69)59-32-40(30-39-20-16-15-17-21-39)52(70)61-41-24-26-42(27-25-41)62-53(71)44(60-38(8)67)22-18-28-58-56(57)74/h15-17,20-21,24-27,34-37,40,44-50H,14,18-19,22-23,28-33H2,1-13H3,(H,59,69)(H,60,67)(H,61,70)(H,62,71)(H,63,72)(H3,57,58,74)/t36-,37+,40+,44+,45-,46+,47-,48-,49-,50+/m0/s1. The molecule has 0 aliphatic carbocycles. The largest absolute Gasteiger partial charge is 0.379 e. The number of rotatable bonds is 32. The smallest absolute Gasteiger partial charge is 0.312 e. The summed E-state index contributed by atoms with van der Waals surface area (Å²) in [4.78, 5) is 112. The van der Waals surface area contributed by atoms with Gasteiger partial charge >= 0.3 is 6.03 Å². The molecule has 20 nitrogen and oxygen atoms in total. The first-order valence-corrected chi connectivity index (χ1v) is 26.8. The Morgan fingerprint density at radius 1 is 0.776 bits per heavy atom. The summed E-state index contributed by atoms with van der Waals surface area (Å²) in [6.45, 7) is 15.9. The van der Waals surface area contributed by atoms with Gasteiger partial charge in [-0.1, -0.05) is 85.2 Å². The van der Waals surface area contributed by atoms with Crippen LogP contribution in [0, 0.1) is 29.6 Å². The number of nitrogens with two attached hydrogens (primary N) is 1. The van der Waals surface area contributed by atoms with Crippen molar-refractivity contribution in [1.29, 1.82) is 0 Å². The molecule has 0 bridgehead atoms. The molecule has 1 heterocycles. The molecule has 2 aromatic carbocycles. The van der Waals surface area contributed by atoms with E-state index >= 15 is 0 Å². The third-order valence-corrected chi connectivity index (χ3v) is 14.5. The number of nitrogens with zero attached hydrogens (tertiary/aromatic N) is 3. The van der Waals surface area contributed by atoms with Gasteiger partial charge in [0.2, 0.25) is 35.4 Å². The van der Waals surface area contributed by atoms with Gasteiger partial charge in [0.1, 0.15) is 17.9 Å². The lowest BCUT2D eigenvalue weighted by molar-refractivity contribution is -0.144. The van der Waals surface area contributed by atoms with Gasteiger partial charge in [-0.25, -0.2) is 4.79 Å². The molecule has 0 aromatic heterocycles. The molecule has 8 amide bonds. The van der Waals surface area contributed by atoms with Crippen LogP contribution < -0.4 is 37.6 Å². The normalized spacial score (nSPS) is 17.3. The van der Waals surface area contributed by atoms with E-state index in [9.17, 15) is 38.4 Å². The molecule has 1 aliphatic rings. The second-order valence-electron chi connectivity index (χ2n) is 21.3. The third-order valence-electron chi connectivity index (χ3n) is 14.5. The number of ketones is 1. The van der Waals surface area contributed by atoms with Crippen LogP contribution in [0.5, 0.6) is 0 Å². The summed E-state index contributed by atoms with van der Waals surface area (Å²) in [5.74, 6) is -3.59. The molecule has 0 radical (unpaired) electrons. The molecule has 20 heteroatoms. The zero-order valence-electron chi connectivity index (χ0n) is 47.4. The minimum absolute atomic E-state index is 0.0202. The molecule has 0 unspecified atom stereocenters. The number of likely N-dealkylation sites (tertiary alicyclic amines) is 1. The van der Waals surface area contributed by atoms with Gasteiger partial charge < -0.3 is 52.0 Å². The van der Waals surface area contributed by atoms with Gasteiger partial charge in [0.25, 0.3) is 0 Å². The van der Waals surface area contributed by atoms with Gasteiger partial charge in [-0.15, -0.1) is 0 Å². The van der Waals surface area contributed by atoms with Crippen molar-refractivity contribution in [3.05, 3.63) is 60.2 Å². The van der Waals surface area contributed by atoms with E-state index in [-0.39, 0.29) is 91.6 Å². The number of ether oxygens (including phenoxy) is 2. The summed E-state index contributed by atoms with van der Waals surface area (Å²) in [7, 11) is 8.53. The Hall–Kier alpha value is -5.96. The van der Waals surface area contributed by atoms with Gasteiger partial charge in [0.05, 0.1) is 42.7 Å². The third kappa shape index (κ3) is 19.9. The molecule has 76 heavy (non-hydrogen) atoms. The van der Waals surface area contributed by atoms with Crippen molar-refractivity contribution >= 4 is 58.6 Å². The van der Waals surface area contributed by atoms with Gasteiger partial charge in [0.15, 0.2) is 0 Å². The van der Waals surface area contributed by atoms with Crippen LogP contribution in [-0.4, -0.2) is 166 Å². The minimum Gasteiger partial charge on any atom is -0.379 e. The van der Waals surface area contributed by atoms with Crippen LogP contribution in [0.4, 0.5) is 16.2 Å². The summed E-state index contributed by atoms with van der Waals surface area (Å²) >= 11 is 0. The Bertz CT molecular complexity index is 2190. The summed E-state index contributed by atoms with van der Waals surface area (Å²) < 4.78 is 12.1.